The summed E-state index contributed by atoms with van der Waals surface area (Å²) in [5.74, 6) is -0.0593. The van der Waals surface area contributed by atoms with Crippen LogP contribution in [0.25, 0.3) is 5.52 Å². The second kappa shape index (κ2) is 4.39. The van der Waals surface area contributed by atoms with Gasteiger partial charge in [0.15, 0.2) is 0 Å². The largest absolute Gasteiger partial charge is 0.478 e. The van der Waals surface area contributed by atoms with Crippen molar-refractivity contribution in [2.24, 2.45) is 5.41 Å². The highest BCUT2D eigenvalue weighted by atomic mass is 79.9. The van der Waals surface area contributed by atoms with Crippen molar-refractivity contribution in [3.8, 4) is 0 Å². The third-order valence-electron chi connectivity index (χ3n) is 2.60. The van der Waals surface area contributed by atoms with Gasteiger partial charge in [0.1, 0.15) is 10.4 Å². The minimum atomic E-state index is -0.927. The molecular formula is C13H15BrN2O2. The lowest BCUT2D eigenvalue weighted by Crippen LogP contribution is -2.12. The number of aromatic carboxylic acids is 1. The van der Waals surface area contributed by atoms with Crippen molar-refractivity contribution in [3.63, 3.8) is 0 Å². The standard InChI is InChI=1S/C13H15BrN2O2/c1-13(2,3)6-10-15-11(14)9-5-4-8(12(17)18)7-16(9)10/h4-5,7H,6H2,1-3H3,(H,17,18). The molecule has 0 unspecified atom stereocenters. The molecule has 0 spiro atoms. The lowest BCUT2D eigenvalue weighted by Gasteiger charge is -2.16. The molecule has 0 bridgehead atoms. The summed E-state index contributed by atoms with van der Waals surface area (Å²) >= 11 is 3.41. The summed E-state index contributed by atoms with van der Waals surface area (Å²) in [5.41, 5.74) is 1.25. The summed E-state index contributed by atoms with van der Waals surface area (Å²) in [6.07, 6.45) is 2.40. The number of rotatable bonds is 2. The van der Waals surface area contributed by atoms with Crippen LogP contribution in [0.1, 0.15) is 37.0 Å². The number of carbonyl (C=O) groups is 1. The highest BCUT2D eigenvalue weighted by molar-refractivity contribution is 9.10. The van der Waals surface area contributed by atoms with Gasteiger partial charge in [-0.15, -0.1) is 0 Å². The third-order valence-corrected chi connectivity index (χ3v) is 3.18. The first-order valence-electron chi connectivity index (χ1n) is 5.68. The van der Waals surface area contributed by atoms with Crippen LogP contribution in [0.5, 0.6) is 0 Å². The van der Waals surface area contributed by atoms with E-state index >= 15 is 0 Å². The number of fused-ring (bicyclic) bond motifs is 1. The molecule has 18 heavy (non-hydrogen) atoms. The van der Waals surface area contributed by atoms with E-state index in [1.54, 1.807) is 18.3 Å². The maximum absolute atomic E-state index is 11.0. The van der Waals surface area contributed by atoms with Gasteiger partial charge in [-0.05, 0) is 33.5 Å². The minimum Gasteiger partial charge on any atom is -0.478 e. The summed E-state index contributed by atoms with van der Waals surface area (Å²) in [5, 5.41) is 9.03. The van der Waals surface area contributed by atoms with Gasteiger partial charge in [0.25, 0.3) is 0 Å². The predicted octanol–water partition coefficient (Wildman–Crippen LogP) is 3.38. The number of nitrogens with zero attached hydrogens (tertiary/aromatic N) is 2. The zero-order chi connectivity index (χ0) is 13.5. The van der Waals surface area contributed by atoms with Crippen LogP contribution in [0.2, 0.25) is 0 Å². The zero-order valence-corrected chi connectivity index (χ0v) is 12.2. The Morgan fingerprint density at radius 2 is 2.11 bits per heavy atom. The predicted molar refractivity (Wildman–Crippen MR) is 73.0 cm³/mol. The molecule has 0 fully saturated rings. The average molecular weight is 311 g/mol. The second-order valence-corrected chi connectivity index (χ2v) is 6.29. The Labute approximate surface area is 114 Å². The number of imidazole rings is 1. The van der Waals surface area contributed by atoms with Gasteiger partial charge >= 0.3 is 5.97 Å². The van der Waals surface area contributed by atoms with Crippen molar-refractivity contribution in [1.29, 1.82) is 0 Å². The van der Waals surface area contributed by atoms with E-state index in [4.69, 9.17) is 5.11 Å². The van der Waals surface area contributed by atoms with Gasteiger partial charge in [0.05, 0.1) is 11.1 Å². The summed E-state index contributed by atoms with van der Waals surface area (Å²) in [6, 6.07) is 3.36. The fourth-order valence-corrected chi connectivity index (χ4v) is 2.36. The molecule has 1 N–H and O–H groups in total. The van der Waals surface area contributed by atoms with Gasteiger partial charge in [0.2, 0.25) is 0 Å². The van der Waals surface area contributed by atoms with Crippen LogP contribution >= 0.6 is 15.9 Å². The van der Waals surface area contributed by atoms with Gasteiger partial charge in [-0.25, -0.2) is 9.78 Å². The lowest BCUT2D eigenvalue weighted by atomic mass is 9.92. The van der Waals surface area contributed by atoms with Crippen LogP contribution < -0.4 is 0 Å². The van der Waals surface area contributed by atoms with Crippen LogP contribution in [-0.2, 0) is 6.42 Å². The third kappa shape index (κ3) is 2.56. The number of hydrogen-bond acceptors (Lipinski definition) is 2. The van der Waals surface area contributed by atoms with Crippen molar-refractivity contribution >= 4 is 27.4 Å². The molecule has 96 valence electrons. The SMILES string of the molecule is CC(C)(C)Cc1nc(Br)c2ccc(C(=O)O)cn12. The molecule has 0 aromatic carbocycles. The molecule has 4 nitrogen and oxygen atoms in total. The number of carboxylic acids is 1. The molecule has 0 atom stereocenters. The van der Waals surface area contributed by atoms with Crippen molar-refractivity contribution in [3.05, 3.63) is 34.3 Å². The molecule has 2 aromatic rings. The summed E-state index contributed by atoms with van der Waals surface area (Å²) in [7, 11) is 0. The monoisotopic (exact) mass is 310 g/mol. The van der Waals surface area contributed by atoms with Gasteiger partial charge in [-0.1, -0.05) is 20.8 Å². The lowest BCUT2D eigenvalue weighted by molar-refractivity contribution is 0.0696. The molecule has 0 saturated carbocycles. The molecule has 0 aliphatic heterocycles. The van der Waals surface area contributed by atoms with Crippen LogP contribution in [0.4, 0.5) is 0 Å². The van der Waals surface area contributed by atoms with Crippen molar-refractivity contribution in [2.75, 3.05) is 0 Å². The number of pyridine rings is 1. The van der Waals surface area contributed by atoms with Crippen molar-refractivity contribution in [1.82, 2.24) is 9.38 Å². The Morgan fingerprint density at radius 1 is 1.44 bits per heavy atom. The number of aromatic nitrogens is 2. The maximum atomic E-state index is 11.0. The Kier molecular flexibility index (Phi) is 3.19. The van der Waals surface area contributed by atoms with Crippen molar-refractivity contribution in [2.45, 2.75) is 27.2 Å². The van der Waals surface area contributed by atoms with Gasteiger partial charge in [0, 0.05) is 12.6 Å². The van der Waals surface area contributed by atoms with Gasteiger partial charge in [-0.3, -0.25) is 0 Å². The van der Waals surface area contributed by atoms with E-state index in [-0.39, 0.29) is 11.0 Å². The van der Waals surface area contributed by atoms with E-state index in [1.807, 2.05) is 4.40 Å². The van der Waals surface area contributed by atoms with Gasteiger partial charge < -0.3 is 9.51 Å². The average Bonchev–Trinajstić information content (AvgIpc) is 2.53. The molecular weight excluding hydrogens is 296 g/mol. The smallest absolute Gasteiger partial charge is 0.337 e. The molecule has 5 heteroatoms. The van der Waals surface area contributed by atoms with Crippen LogP contribution in [0, 0.1) is 5.41 Å². The topological polar surface area (TPSA) is 54.6 Å². The Morgan fingerprint density at radius 3 is 2.67 bits per heavy atom. The molecule has 0 radical (unpaired) electrons. The minimum absolute atomic E-state index is 0.0972. The molecule has 2 rings (SSSR count). The number of carboxylic acid groups (broad SMARTS) is 1. The number of halogens is 1. The summed E-state index contributed by atoms with van der Waals surface area (Å²) in [4.78, 5) is 15.5. The van der Waals surface area contributed by atoms with E-state index in [0.717, 1.165) is 22.4 Å². The highest BCUT2D eigenvalue weighted by Gasteiger charge is 2.18. The molecule has 2 aromatic heterocycles. The Balaban J connectivity index is 2.59. The molecule has 0 aliphatic rings. The quantitative estimate of drug-likeness (QED) is 0.925. The molecule has 0 saturated heterocycles. The van der Waals surface area contributed by atoms with Gasteiger partial charge in [-0.2, -0.15) is 0 Å². The maximum Gasteiger partial charge on any atom is 0.337 e. The van der Waals surface area contributed by atoms with Crippen LogP contribution in [0.3, 0.4) is 0 Å². The second-order valence-electron chi connectivity index (χ2n) is 5.53. The number of hydrogen-bond donors (Lipinski definition) is 1. The Hall–Kier alpha value is -1.36. The van der Waals surface area contributed by atoms with E-state index in [1.165, 1.54) is 0 Å². The van der Waals surface area contributed by atoms with E-state index < -0.39 is 5.97 Å². The molecule has 0 amide bonds. The molecule has 0 aliphatic carbocycles. The Bertz CT molecular complexity index is 611. The van der Waals surface area contributed by atoms with Crippen LogP contribution in [0.15, 0.2) is 22.9 Å². The first kappa shape index (κ1) is 13.1. The summed E-state index contributed by atoms with van der Waals surface area (Å²) in [6.45, 7) is 6.38. The first-order valence-corrected chi connectivity index (χ1v) is 6.47. The zero-order valence-electron chi connectivity index (χ0n) is 10.6. The van der Waals surface area contributed by atoms with E-state index in [2.05, 4.69) is 41.7 Å². The highest BCUT2D eigenvalue weighted by Crippen LogP contribution is 2.25. The molecule has 2 heterocycles. The normalized spacial score (nSPS) is 12.0. The fourth-order valence-electron chi connectivity index (χ4n) is 1.83. The summed E-state index contributed by atoms with van der Waals surface area (Å²) < 4.78 is 2.59. The van der Waals surface area contributed by atoms with Crippen LogP contribution in [-0.4, -0.2) is 20.5 Å². The first-order chi connectivity index (χ1) is 8.28. The van der Waals surface area contributed by atoms with E-state index in [9.17, 15) is 4.79 Å². The fraction of sp³-hybridized carbons (Fsp3) is 0.385. The van der Waals surface area contributed by atoms with Crippen molar-refractivity contribution < 1.29 is 9.90 Å². The van der Waals surface area contributed by atoms with E-state index in [0.29, 0.717) is 0 Å².